The Bertz CT molecular complexity index is 809. The molecule has 1 amide bonds. The van der Waals surface area contributed by atoms with Crippen molar-refractivity contribution in [1.82, 2.24) is 10.2 Å². The number of hydrogen-bond acceptors (Lipinski definition) is 4. The first-order valence-electron chi connectivity index (χ1n) is 9.70. The number of hydrogen-bond donors (Lipinski definition) is 2. The molecule has 0 saturated heterocycles. The van der Waals surface area contributed by atoms with Gasteiger partial charge in [-0.15, -0.1) is 0 Å². The first-order valence-corrected chi connectivity index (χ1v) is 9.70. The molecule has 0 aliphatic heterocycles. The maximum absolute atomic E-state index is 12.7. The van der Waals surface area contributed by atoms with Crippen molar-refractivity contribution in [3.8, 4) is 11.5 Å². The van der Waals surface area contributed by atoms with Crippen LogP contribution in [0.15, 0.2) is 53.5 Å². The number of methoxy groups -OCH3 is 2. The summed E-state index contributed by atoms with van der Waals surface area (Å²) in [5.41, 5.74) is 1.88. The number of amides is 1. The fourth-order valence-corrected chi connectivity index (χ4v) is 2.78. The van der Waals surface area contributed by atoms with Gasteiger partial charge >= 0.3 is 0 Å². The molecule has 0 aliphatic carbocycles. The zero-order valence-corrected chi connectivity index (χ0v) is 17.6. The van der Waals surface area contributed by atoms with Crippen LogP contribution in [0.2, 0.25) is 0 Å². The van der Waals surface area contributed by atoms with Crippen LogP contribution in [0, 0.1) is 0 Å². The number of rotatable bonds is 9. The van der Waals surface area contributed by atoms with Gasteiger partial charge in [0.15, 0.2) is 17.5 Å². The minimum atomic E-state index is -0.0270. The van der Waals surface area contributed by atoms with Crippen molar-refractivity contribution in [3.05, 3.63) is 54.1 Å². The number of likely N-dealkylation sites (N-methyl/N-ethyl adjacent to an activating group) is 1. The molecule has 0 saturated carbocycles. The van der Waals surface area contributed by atoms with Crippen LogP contribution in [0.3, 0.4) is 0 Å². The van der Waals surface area contributed by atoms with E-state index in [1.807, 2.05) is 62.4 Å². The molecule has 29 heavy (non-hydrogen) atoms. The molecule has 0 aromatic heterocycles. The van der Waals surface area contributed by atoms with Crippen LogP contribution in [0.25, 0.3) is 0 Å². The third-order valence-electron chi connectivity index (χ3n) is 4.31. The molecule has 0 unspecified atom stereocenters. The van der Waals surface area contributed by atoms with Crippen molar-refractivity contribution in [2.75, 3.05) is 39.2 Å². The number of anilines is 1. The molecule has 0 spiro atoms. The van der Waals surface area contributed by atoms with Crippen LogP contribution >= 0.6 is 0 Å². The van der Waals surface area contributed by atoms with Crippen LogP contribution in [-0.2, 0) is 11.3 Å². The van der Waals surface area contributed by atoms with Gasteiger partial charge in [-0.05, 0) is 31.5 Å². The van der Waals surface area contributed by atoms with Gasteiger partial charge in [0.05, 0.1) is 14.2 Å². The molecule has 0 atom stereocenters. The number of ether oxygens (including phenoxy) is 2. The fourth-order valence-electron chi connectivity index (χ4n) is 2.78. The second-order valence-electron chi connectivity index (χ2n) is 6.28. The molecule has 2 N–H and O–H groups in total. The monoisotopic (exact) mass is 398 g/mol. The highest BCUT2D eigenvalue weighted by Crippen LogP contribution is 2.29. The molecule has 7 heteroatoms. The molecule has 0 fully saturated rings. The topological polar surface area (TPSA) is 75.2 Å². The Balaban J connectivity index is 2.06. The molecule has 7 nitrogen and oxygen atoms in total. The van der Waals surface area contributed by atoms with Crippen LogP contribution < -0.4 is 20.1 Å². The van der Waals surface area contributed by atoms with E-state index in [0.29, 0.717) is 37.1 Å². The predicted molar refractivity (Wildman–Crippen MR) is 117 cm³/mol. The standard InChI is InChI=1S/C22H30N4O3/c1-5-23-22(25-18-12-13-19(28-3)20(14-18)29-4)24-15-21(27)26(6-2)16-17-10-8-7-9-11-17/h7-14H,5-6,15-16H2,1-4H3,(H2,23,24,25). The summed E-state index contributed by atoms with van der Waals surface area (Å²) in [7, 11) is 3.18. The summed E-state index contributed by atoms with van der Waals surface area (Å²) in [6.45, 7) is 5.88. The second kappa shape index (κ2) is 11.6. The number of nitrogens with zero attached hydrogens (tertiary/aromatic N) is 2. The summed E-state index contributed by atoms with van der Waals surface area (Å²) >= 11 is 0. The van der Waals surface area contributed by atoms with E-state index in [4.69, 9.17) is 9.47 Å². The average molecular weight is 399 g/mol. The second-order valence-corrected chi connectivity index (χ2v) is 6.28. The zero-order valence-electron chi connectivity index (χ0n) is 17.6. The lowest BCUT2D eigenvalue weighted by atomic mass is 10.2. The number of benzene rings is 2. The van der Waals surface area contributed by atoms with Gasteiger partial charge in [0, 0.05) is 31.4 Å². The largest absolute Gasteiger partial charge is 0.493 e. The molecular weight excluding hydrogens is 368 g/mol. The Morgan fingerprint density at radius 2 is 1.76 bits per heavy atom. The van der Waals surface area contributed by atoms with E-state index in [1.165, 1.54) is 0 Å². The number of aliphatic imine (C=N–C) groups is 1. The number of carbonyl (C=O) groups is 1. The maximum Gasteiger partial charge on any atom is 0.244 e. The van der Waals surface area contributed by atoms with Crippen molar-refractivity contribution in [2.24, 2.45) is 4.99 Å². The van der Waals surface area contributed by atoms with Gasteiger partial charge in [-0.1, -0.05) is 30.3 Å². The van der Waals surface area contributed by atoms with Gasteiger partial charge in [-0.3, -0.25) is 4.79 Å². The van der Waals surface area contributed by atoms with E-state index in [1.54, 1.807) is 19.1 Å². The lowest BCUT2D eigenvalue weighted by Gasteiger charge is -2.20. The highest BCUT2D eigenvalue weighted by molar-refractivity contribution is 5.95. The zero-order chi connectivity index (χ0) is 21.1. The third kappa shape index (κ3) is 6.71. The van der Waals surface area contributed by atoms with E-state index in [9.17, 15) is 4.79 Å². The molecule has 2 aromatic rings. The van der Waals surface area contributed by atoms with Crippen LogP contribution in [0.5, 0.6) is 11.5 Å². The molecule has 0 heterocycles. The van der Waals surface area contributed by atoms with Crippen molar-refractivity contribution >= 4 is 17.6 Å². The van der Waals surface area contributed by atoms with E-state index in [2.05, 4.69) is 15.6 Å². The third-order valence-corrected chi connectivity index (χ3v) is 4.31. The summed E-state index contributed by atoms with van der Waals surface area (Å²) < 4.78 is 10.6. The van der Waals surface area contributed by atoms with Crippen molar-refractivity contribution < 1.29 is 14.3 Å². The Kier molecular flexibility index (Phi) is 8.82. The fraction of sp³-hybridized carbons (Fsp3) is 0.364. The smallest absolute Gasteiger partial charge is 0.244 e. The molecule has 0 bridgehead atoms. The van der Waals surface area contributed by atoms with E-state index < -0.39 is 0 Å². The van der Waals surface area contributed by atoms with Gasteiger partial charge in [-0.2, -0.15) is 0 Å². The number of carbonyl (C=O) groups excluding carboxylic acids is 1. The molecule has 156 valence electrons. The van der Waals surface area contributed by atoms with Gasteiger partial charge in [0.1, 0.15) is 6.54 Å². The highest BCUT2D eigenvalue weighted by Gasteiger charge is 2.12. The van der Waals surface area contributed by atoms with E-state index in [0.717, 1.165) is 11.3 Å². The molecule has 0 aliphatic rings. The van der Waals surface area contributed by atoms with Gasteiger partial charge in [0.25, 0.3) is 0 Å². The molecular formula is C22H30N4O3. The lowest BCUT2D eigenvalue weighted by molar-refractivity contribution is -0.130. The first-order chi connectivity index (χ1) is 14.1. The maximum atomic E-state index is 12.7. The average Bonchev–Trinajstić information content (AvgIpc) is 2.76. The summed E-state index contributed by atoms with van der Waals surface area (Å²) in [5, 5.41) is 6.36. The Labute approximate surface area is 172 Å². The van der Waals surface area contributed by atoms with E-state index in [-0.39, 0.29) is 12.5 Å². The van der Waals surface area contributed by atoms with Crippen molar-refractivity contribution in [3.63, 3.8) is 0 Å². The normalized spacial score (nSPS) is 11.0. The molecule has 2 aromatic carbocycles. The first kappa shape index (κ1) is 22.1. The minimum absolute atomic E-state index is 0.0270. The van der Waals surface area contributed by atoms with Crippen LogP contribution in [0.1, 0.15) is 19.4 Å². The number of guanidine groups is 1. The van der Waals surface area contributed by atoms with Gasteiger partial charge in [0.2, 0.25) is 5.91 Å². The van der Waals surface area contributed by atoms with Crippen molar-refractivity contribution in [2.45, 2.75) is 20.4 Å². The van der Waals surface area contributed by atoms with Gasteiger partial charge < -0.3 is 25.0 Å². The SMILES string of the molecule is CCNC(=NCC(=O)N(CC)Cc1ccccc1)Nc1ccc(OC)c(OC)c1. The highest BCUT2D eigenvalue weighted by atomic mass is 16.5. The van der Waals surface area contributed by atoms with Crippen LogP contribution in [-0.4, -0.2) is 50.6 Å². The van der Waals surface area contributed by atoms with E-state index >= 15 is 0 Å². The summed E-state index contributed by atoms with van der Waals surface area (Å²) in [6, 6.07) is 15.4. The lowest BCUT2D eigenvalue weighted by Crippen LogP contribution is -2.35. The summed E-state index contributed by atoms with van der Waals surface area (Å²) in [5.74, 6) is 1.77. The Morgan fingerprint density at radius 1 is 1.03 bits per heavy atom. The number of nitrogens with one attached hydrogen (secondary N) is 2. The Hall–Kier alpha value is -3.22. The Morgan fingerprint density at radius 3 is 2.38 bits per heavy atom. The summed E-state index contributed by atoms with van der Waals surface area (Å²) in [4.78, 5) is 18.9. The van der Waals surface area contributed by atoms with Gasteiger partial charge in [-0.25, -0.2) is 4.99 Å². The summed E-state index contributed by atoms with van der Waals surface area (Å²) in [6.07, 6.45) is 0. The molecule has 2 rings (SSSR count). The van der Waals surface area contributed by atoms with Crippen LogP contribution in [0.4, 0.5) is 5.69 Å². The minimum Gasteiger partial charge on any atom is -0.493 e. The predicted octanol–water partition coefficient (Wildman–Crippen LogP) is 3.13. The van der Waals surface area contributed by atoms with Crippen molar-refractivity contribution in [1.29, 1.82) is 0 Å². The quantitative estimate of drug-likeness (QED) is 0.501. The molecule has 0 radical (unpaired) electrons.